The van der Waals surface area contributed by atoms with Crippen molar-refractivity contribution in [2.45, 2.75) is 6.92 Å². The van der Waals surface area contributed by atoms with Crippen LogP contribution in [-0.2, 0) is 0 Å². The van der Waals surface area contributed by atoms with Crippen LogP contribution < -0.4 is 10.5 Å². The molecule has 0 aliphatic rings. The van der Waals surface area contributed by atoms with Crippen molar-refractivity contribution >= 4 is 17.3 Å². The SMILES string of the molecule is Cc1cc(Oc2cc(Cl)ccc2C#N)c(F)cc1N. The summed E-state index contributed by atoms with van der Waals surface area (Å²) < 4.78 is 19.1. The van der Waals surface area contributed by atoms with Crippen LogP contribution >= 0.6 is 11.6 Å². The van der Waals surface area contributed by atoms with Crippen LogP contribution in [0.5, 0.6) is 11.5 Å². The van der Waals surface area contributed by atoms with Crippen molar-refractivity contribution in [3.63, 3.8) is 0 Å². The summed E-state index contributed by atoms with van der Waals surface area (Å²) in [5.74, 6) is -0.379. The van der Waals surface area contributed by atoms with Crippen LogP contribution in [0.3, 0.4) is 0 Å². The Hall–Kier alpha value is -2.25. The van der Waals surface area contributed by atoms with Gasteiger partial charge in [0.05, 0.1) is 5.56 Å². The van der Waals surface area contributed by atoms with E-state index >= 15 is 0 Å². The Kier molecular flexibility index (Phi) is 3.59. The van der Waals surface area contributed by atoms with Crippen molar-refractivity contribution in [3.8, 4) is 17.6 Å². The number of hydrogen-bond donors (Lipinski definition) is 1. The van der Waals surface area contributed by atoms with E-state index in [2.05, 4.69) is 0 Å². The highest BCUT2D eigenvalue weighted by Gasteiger charge is 2.11. The van der Waals surface area contributed by atoms with E-state index < -0.39 is 5.82 Å². The first-order valence-corrected chi connectivity index (χ1v) is 5.82. The van der Waals surface area contributed by atoms with Crippen molar-refractivity contribution in [2.75, 3.05) is 5.73 Å². The molecule has 2 aromatic rings. The van der Waals surface area contributed by atoms with E-state index in [1.807, 2.05) is 6.07 Å². The zero-order chi connectivity index (χ0) is 14.0. The Labute approximate surface area is 115 Å². The van der Waals surface area contributed by atoms with Crippen LogP contribution in [0, 0.1) is 24.1 Å². The molecule has 2 N–H and O–H groups in total. The molecule has 0 amide bonds. The number of nitriles is 1. The number of nitrogen functional groups attached to an aromatic ring is 1. The summed E-state index contributed by atoms with van der Waals surface area (Å²) in [7, 11) is 0. The average molecular weight is 277 g/mol. The lowest BCUT2D eigenvalue weighted by Gasteiger charge is -2.10. The smallest absolute Gasteiger partial charge is 0.167 e. The molecule has 0 saturated heterocycles. The second-order valence-electron chi connectivity index (χ2n) is 3.99. The number of hydrogen-bond acceptors (Lipinski definition) is 3. The number of benzene rings is 2. The lowest BCUT2D eigenvalue weighted by Crippen LogP contribution is -1.96. The van der Waals surface area contributed by atoms with E-state index in [9.17, 15) is 4.39 Å². The van der Waals surface area contributed by atoms with Gasteiger partial charge in [0.25, 0.3) is 0 Å². The number of rotatable bonds is 2. The molecule has 0 fully saturated rings. The first kappa shape index (κ1) is 13.2. The second-order valence-corrected chi connectivity index (χ2v) is 4.43. The molecule has 0 radical (unpaired) electrons. The van der Waals surface area contributed by atoms with Crippen LogP contribution in [0.15, 0.2) is 30.3 Å². The average Bonchev–Trinajstić information content (AvgIpc) is 2.36. The summed E-state index contributed by atoms with van der Waals surface area (Å²) in [6.45, 7) is 1.74. The van der Waals surface area contributed by atoms with E-state index in [-0.39, 0.29) is 17.1 Å². The van der Waals surface area contributed by atoms with Gasteiger partial charge in [0.15, 0.2) is 11.6 Å². The van der Waals surface area contributed by atoms with Crippen molar-refractivity contribution in [3.05, 3.63) is 52.3 Å². The minimum Gasteiger partial charge on any atom is -0.453 e. The van der Waals surface area contributed by atoms with Gasteiger partial charge in [-0.3, -0.25) is 0 Å². The lowest BCUT2D eigenvalue weighted by molar-refractivity contribution is 0.441. The van der Waals surface area contributed by atoms with Gasteiger partial charge in [-0.1, -0.05) is 11.6 Å². The molecule has 2 aromatic carbocycles. The summed E-state index contributed by atoms with van der Waals surface area (Å²) >= 11 is 5.83. The fourth-order valence-corrected chi connectivity index (χ4v) is 1.70. The summed E-state index contributed by atoms with van der Waals surface area (Å²) in [6, 6.07) is 9.16. The van der Waals surface area contributed by atoms with E-state index in [1.165, 1.54) is 24.3 Å². The van der Waals surface area contributed by atoms with E-state index in [1.54, 1.807) is 13.0 Å². The fourth-order valence-electron chi connectivity index (χ4n) is 1.54. The molecular weight excluding hydrogens is 267 g/mol. The number of ether oxygens (including phenoxy) is 1. The van der Waals surface area contributed by atoms with Gasteiger partial charge < -0.3 is 10.5 Å². The summed E-state index contributed by atoms with van der Waals surface area (Å²) in [5.41, 5.74) is 6.91. The predicted molar refractivity (Wildman–Crippen MR) is 71.8 cm³/mol. The number of anilines is 1. The van der Waals surface area contributed by atoms with Crippen LogP contribution in [-0.4, -0.2) is 0 Å². The predicted octanol–water partition coefficient (Wildman–Crippen LogP) is 4.03. The van der Waals surface area contributed by atoms with Gasteiger partial charge in [0, 0.05) is 22.8 Å². The summed E-state index contributed by atoms with van der Waals surface area (Å²) in [4.78, 5) is 0. The Morgan fingerprint density at radius 3 is 2.68 bits per heavy atom. The van der Waals surface area contributed by atoms with Gasteiger partial charge in [-0.15, -0.1) is 0 Å². The summed E-state index contributed by atoms with van der Waals surface area (Å²) in [5, 5.41) is 9.37. The normalized spacial score (nSPS) is 10.0. The van der Waals surface area contributed by atoms with Gasteiger partial charge in [0.1, 0.15) is 11.8 Å². The van der Waals surface area contributed by atoms with Crippen LogP contribution in [0.1, 0.15) is 11.1 Å². The number of aryl methyl sites for hydroxylation is 1. The first-order chi connectivity index (χ1) is 9.01. The zero-order valence-corrected chi connectivity index (χ0v) is 10.8. The van der Waals surface area contributed by atoms with Crippen molar-refractivity contribution in [1.29, 1.82) is 5.26 Å². The van der Waals surface area contributed by atoms with Crippen molar-refractivity contribution in [1.82, 2.24) is 0 Å². The third-order valence-corrected chi connectivity index (χ3v) is 2.84. The van der Waals surface area contributed by atoms with E-state index in [0.717, 1.165) is 0 Å². The van der Waals surface area contributed by atoms with Gasteiger partial charge in [-0.05, 0) is 30.7 Å². The third kappa shape index (κ3) is 2.78. The quantitative estimate of drug-likeness (QED) is 0.842. The standard InChI is InChI=1S/C14H10ClFN2O/c1-8-4-14(11(16)6-12(8)18)19-13-5-10(15)3-2-9(13)7-17/h2-6H,18H2,1H3. The molecular formula is C14H10ClFN2O. The maximum Gasteiger partial charge on any atom is 0.167 e. The maximum atomic E-state index is 13.7. The summed E-state index contributed by atoms with van der Waals surface area (Å²) in [6.07, 6.45) is 0. The van der Waals surface area contributed by atoms with E-state index in [0.29, 0.717) is 16.3 Å². The topological polar surface area (TPSA) is 59.0 Å². The fraction of sp³-hybridized carbons (Fsp3) is 0.0714. The van der Waals surface area contributed by atoms with Gasteiger partial charge in [-0.25, -0.2) is 4.39 Å². The third-order valence-electron chi connectivity index (χ3n) is 2.60. The van der Waals surface area contributed by atoms with Gasteiger partial charge >= 0.3 is 0 Å². The molecule has 96 valence electrons. The number of nitrogens with two attached hydrogens (primary N) is 1. The minimum absolute atomic E-state index is 0.00506. The number of nitrogens with zero attached hydrogens (tertiary/aromatic N) is 1. The molecule has 19 heavy (non-hydrogen) atoms. The lowest BCUT2D eigenvalue weighted by atomic mass is 10.2. The molecule has 0 aliphatic heterocycles. The van der Waals surface area contributed by atoms with Crippen LogP contribution in [0.25, 0.3) is 0 Å². The molecule has 0 aliphatic carbocycles. The Morgan fingerprint density at radius 2 is 2.00 bits per heavy atom. The van der Waals surface area contributed by atoms with Crippen molar-refractivity contribution < 1.29 is 9.13 Å². The minimum atomic E-state index is -0.591. The maximum absolute atomic E-state index is 13.7. The van der Waals surface area contributed by atoms with Crippen molar-refractivity contribution in [2.24, 2.45) is 0 Å². The van der Waals surface area contributed by atoms with Crippen LogP contribution in [0.2, 0.25) is 5.02 Å². The monoisotopic (exact) mass is 276 g/mol. The Balaban J connectivity index is 2.45. The molecule has 3 nitrogen and oxygen atoms in total. The number of halogens is 2. The van der Waals surface area contributed by atoms with Gasteiger partial charge in [0.2, 0.25) is 0 Å². The molecule has 0 bridgehead atoms. The highest BCUT2D eigenvalue weighted by molar-refractivity contribution is 6.30. The zero-order valence-electron chi connectivity index (χ0n) is 10.1. The Morgan fingerprint density at radius 1 is 1.26 bits per heavy atom. The highest BCUT2D eigenvalue weighted by Crippen LogP contribution is 2.31. The molecule has 0 aromatic heterocycles. The second kappa shape index (κ2) is 5.17. The first-order valence-electron chi connectivity index (χ1n) is 5.44. The molecule has 0 spiro atoms. The Bertz CT molecular complexity index is 680. The van der Waals surface area contributed by atoms with E-state index in [4.69, 9.17) is 27.3 Å². The molecule has 2 rings (SSSR count). The molecule has 0 saturated carbocycles. The highest BCUT2D eigenvalue weighted by atomic mass is 35.5. The molecule has 0 atom stereocenters. The molecule has 0 heterocycles. The van der Waals surface area contributed by atoms with Crippen LogP contribution in [0.4, 0.5) is 10.1 Å². The molecule has 0 unspecified atom stereocenters. The molecule has 5 heteroatoms. The largest absolute Gasteiger partial charge is 0.453 e. The van der Waals surface area contributed by atoms with Gasteiger partial charge in [-0.2, -0.15) is 5.26 Å².